The molecule has 1 saturated carbocycles. The van der Waals surface area contributed by atoms with E-state index < -0.39 is 5.54 Å². The Labute approximate surface area is 271 Å². The van der Waals surface area contributed by atoms with Crippen molar-refractivity contribution in [1.82, 2.24) is 15.2 Å². The van der Waals surface area contributed by atoms with Crippen molar-refractivity contribution in [3.63, 3.8) is 0 Å². The topological polar surface area (TPSA) is 94.0 Å². The number of anilines is 3. The standard InChI is InChI=1S/C37H44N6O3/c1-25-9-6-7-12-32(25)42-17-19-43(20-18-42)33-16-15-28(22-30(33)38-35(45)31-24-46-36(39-31)27-13-14-27)34(44)40-37(2,3)29-11-8-10-26(21-29)23-41(4)5/h6-12,15-16,21-22,24,27H,13-14,17-20,23H2,1-5H3,(H,38,45)(H,40,44). The fraction of sp³-hybridized carbons (Fsp3) is 0.378. The van der Waals surface area contributed by atoms with Gasteiger partial charge in [0.25, 0.3) is 11.8 Å². The number of hydrogen-bond donors (Lipinski definition) is 2. The van der Waals surface area contributed by atoms with Crippen LogP contribution in [0.25, 0.3) is 0 Å². The van der Waals surface area contributed by atoms with Gasteiger partial charge in [0.15, 0.2) is 11.6 Å². The summed E-state index contributed by atoms with van der Waals surface area (Å²) in [5, 5.41) is 6.28. The van der Waals surface area contributed by atoms with E-state index in [0.29, 0.717) is 23.1 Å². The van der Waals surface area contributed by atoms with Gasteiger partial charge in [0.1, 0.15) is 6.26 Å². The molecule has 6 rings (SSSR count). The highest BCUT2D eigenvalue weighted by Gasteiger charge is 2.30. The summed E-state index contributed by atoms with van der Waals surface area (Å²) < 4.78 is 5.59. The monoisotopic (exact) mass is 620 g/mol. The van der Waals surface area contributed by atoms with E-state index in [4.69, 9.17) is 4.42 Å². The van der Waals surface area contributed by atoms with E-state index in [9.17, 15) is 9.59 Å². The van der Waals surface area contributed by atoms with Gasteiger partial charge in [0.05, 0.1) is 16.9 Å². The predicted octanol–water partition coefficient (Wildman–Crippen LogP) is 6.17. The lowest BCUT2D eigenvalue weighted by Gasteiger charge is -2.38. The Kier molecular flexibility index (Phi) is 8.86. The third-order valence-electron chi connectivity index (χ3n) is 8.84. The molecule has 0 atom stereocenters. The van der Waals surface area contributed by atoms with Crippen molar-refractivity contribution in [3.8, 4) is 0 Å². The van der Waals surface area contributed by atoms with Crippen LogP contribution in [0.5, 0.6) is 0 Å². The van der Waals surface area contributed by atoms with Gasteiger partial charge in [-0.2, -0.15) is 0 Å². The van der Waals surface area contributed by atoms with Crippen LogP contribution in [0.2, 0.25) is 0 Å². The number of para-hydroxylation sites is 1. The average molecular weight is 621 g/mol. The third kappa shape index (κ3) is 7.10. The summed E-state index contributed by atoms with van der Waals surface area (Å²) in [5.41, 5.74) is 6.24. The molecular weight excluding hydrogens is 576 g/mol. The maximum atomic E-state index is 13.7. The number of oxazole rings is 1. The Bertz CT molecular complexity index is 1720. The molecule has 2 amide bonds. The van der Waals surface area contributed by atoms with E-state index in [2.05, 4.69) is 73.6 Å². The minimum Gasteiger partial charge on any atom is -0.448 e. The zero-order valence-corrected chi connectivity index (χ0v) is 27.5. The molecule has 2 fully saturated rings. The fourth-order valence-electron chi connectivity index (χ4n) is 6.11. The van der Waals surface area contributed by atoms with E-state index in [0.717, 1.165) is 56.8 Å². The second-order valence-electron chi connectivity index (χ2n) is 13.3. The summed E-state index contributed by atoms with van der Waals surface area (Å²) in [7, 11) is 4.08. The number of hydrogen-bond acceptors (Lipinski definition) is 7. The van der Waals surface area contributed by atoms with E-state index in [-0.39, 0.29) is 17.5 Å². The molecule has 0 bridgehead atoms. The first-order chi connectivity index (χ1) is 22.1. The maximum absolute atomic E-state index is 13.7. The van der Waals surface area contributed by atoms with Gasteiger partial charge in [0, 0.05) is 49.9 Å². The molecule has 9 nitrogen and oxygen atoms in total. The molecule has 2 aliphatic rings. The number of rotatable bonds is 10. The number of carbonyl (C=O) groups is 2. The molecule has 1 saturated heterocycles. The van der Waals surface area contributed by atoms with Crippen molar-refractivity contribution in [2.45, 2.75) is 51.6 Å². The molecule has 2 N–H and O–H groups in total. The molecule has 4 aromatic rings. The number of carbonyl (C=O) groups excluding carboxylic acids is 2. The Morgan fingerprint density at radius 1 is 0.913 bits per heavy atom. The molecule has 2 heterocycles. The summed E-state index contributed by atoms with van der Waals surface area (Å²) in [6.45, 7) is 10.2. The first kappa shape index (κ1) is 31.4. The van der Waals surface area contributed by atoms with Crippen LogP contribution in [-0.2, 0) is 12.1 Å². The van der Waals surface area contributed by atoms with Gasteiger partial charge < -0.3 is 29.8 Å². The van der Waals surface area contributed by atoms with E-state index in [1.54, 1.807) is 6.07 Å². The Morgan fingerprint density at radius 2 is 1.63 bits per heavy atom. The van der Waals surface area contributed by atoms with Crippen molar-refractivity contribution in [2.24, 2.45) is 0 Å². The quantitative estimate of drug-likeness (QED) is 0.219. The highest BCUT2D eigenvalue weighted by Crippen LogP contribution is 2.39. The molecule has 9 heteroatoms. The number of nitrogens with zero attached hydrogens (tertiary/aromatic N) is 4. The minimum atomic E-state index is -0.618. The average Bonchev–Trinajstić information content (AvgIpc) is 3.76. The van der Waals surface area contributed by atoms with Crippen molar-refractivity contribution in [1.29, 1.82) is 0 Å². The van der Waals surface area contributed by atoms with Crippen LogP contribution in [0.15, 0.2) is 77.4 Å². The molecule has 240 valence electrons. The molecule has 0 spiro atoms. The first-order valence-corrected chi connectivity index (χ1v) is 16.1. The summed E-state index contributed by atoms with van der Waals surface area (Å²) in [4.78, 5) is 38.4. The van der Waals surface area contributed by atoms with Gasteiger partial charge in [-0.25, -0.2) is 4.98 Å². The van der Waals surface area contributed by atoms with Gasteiger partial charge >= 0.3 is 0 Å². The van der Waals surface area contributed by atoms with E-state index >= 15 is 0 Å². The van der Waals surface area contributed by atoms with Gasteiger partial charge in [-0.15, -0.1) is 0 Å². The second kappa shape index (κ2) is 13.0. The lowest BCUT2D eigenvalue weighted by atomic mass is 9.92. The Hall–Kier alpha value is -4.63. The normalized spacial score (nSPS) is 15.3. The number of nitrogens with one attached hydrogen (secondary N) is 2. The second-order valence-corrected chi connectivity index (χ2v) is 13.3. The van der Waals surface area contributed by atoms with Crippen LogP contribution in [0.1, 0.15) is 76.0 Å². The number of benzene rings is 3. The largest absolute Gasteiger partial charge is 0.448 e. The lowest BCUT2D eigenvalue weighted by Crippen LogP contribution is -2.47. The van der Waals surface area contributed by atoms with Crippen LogP contribution in [0.4, 0.5) is 17.1 Å². The highest BCUT2D eigenvalue weighted by atomic mass is 16.3. The maximum Gasteiger partial charge on any atom is 0.277 e. The predicted molar refractivity (Wildman–Crippen MR) is 183 cm³/mol. The van der Waals surface area contributed by atoms with Crippen molar-refractivity contribution >= 4 is 28.9 Å². The molecule has 0 radical (unpaired) electrons. The molecule has 3 aromatic carbocycles. The smallest absolute Gasteiger partial charge is 0.277 e. The lowest BCUT2D eigenvalue weighted by molar-refractivity contribution is 0.0911. The summed E-state index contributed by atoms with van der Waals surface area (Å²) >= 11 is 0. The molecule has 46 heavy (non-hydrogen) atoms. The van der Waals surface area contributed by atoms with Crippen LogP contribution >= 0.6 is 0 Å². The van der Waals surface area contributed by atoms with Crippen LogP contribution < -0.4 is 20.4 Å². The van der Waals surface area contributed by atoms with Crippen molar-refractivity contribution in [2.75, 3.05) is 55.4 Å². The Morgan fingerprint density at radius 3 is 2.33 bits per heavy atom. The van der Waals surface area contributed by atoms with Gasteiger partial charge in [-0.3, -0.25) is 9.59 Å². The van der Waals surface area contributed by atoms with Crippen LogP contribution in [0.3, 0.4) is 0 Å². The number of piperazine rings is 1. The van der Waals surface area contributed by atoms with Gasteiger partial charge in [-0.05, 0) is 88.7 Å². The fourth-order valence-corrected chi connectivity index (χ4v) is 6.11. The van der Waals surface area contributed by atoms with E-state index in [1.165, 1.54) is 23.1 Å². The van der Waals surface area contributed by atoms with Crippen LogP contribution in [-0.4, -0.2) is 62.0 Å². The third-order valence-corrected chi connectivity index (χ3v) is 8.84. The number of aromatic nitrogens is 1. The molecule has 0 unspecified atom stereocenters. The summed E-state index contributed by atoms with van der Waals surface area (Å²) in [6.07, 6.45) is 3.49. The van der Waals surface area contributed by atoms with Crippen molar-refractivity contribution < 1.29 is 14.0 Å². The molecule has 1 aromatic heterocycles. The molecular formula is C37H44N6O3. The van der Waals surface area contributed by atoms with Gasteiger partial charge in [-0.1, -0.05) is 42.5 Å². The zero-order valence-electron chi connectivity index (χ0n) is 27.5. The van der Waals surface area contributed by atoms with Gasteiger partial charge in [0.2, 0.25) is 0 Å². The summed E-state index contributed by atoms with van der Waals surface area (Å²) in [6, 6.07) is 22.3. The van der Waals surface area contributed by atoms with Crippen LogP contribution in [0, 0.1) is 6.92 Å². The highest BCUT2D eigenvalue weighted by molar-refractivity contribution is 6.06. The summed E-state index contributed by atoms with van der Waals surface area (Å²) in [5.74, 6) is 0.348. The number of aryl methyl sites for hydroxylation is 1. The molecule has 1 aliphatic carbocycles. The van der Waals surface area contributed by atoms with Crippen molar-refractivity contribution in [3.05, 3.63) is 107 Å². The SMILES string of the molecule is Cc1ccccc1N1CCN(c2ccc(C(=O)NC(C)(C)c3cccc(CN(C)C)c3)cc2NC(=O)c2coc(C3CC3)n2)CC1. The first-order valence-electron chi connectivity index (χ1n) is 16.1. The van der Waals surface area contributed by atoms with E-state index in [1.807, 2.05) is 52.2 Å². The zero-order chi connectivity index (χ0) is 32.4. The minimum absolute atomic E-state index is 0.216. The molecule has 1 aliphatic heterocycles. The Balaban J connectivity index is 1.24. The number of amides is 2.